The minimum Gasteiger partial charge on any atom is -0.482 e. The largest absolute Gasteiger partial charge is 0.482 e. The van der Waals surface area contributed by atoms with Gasteiger partial charge in [0.15, 0.2) is 6.61 Å². The van der Waals surface area contributed by atoms with Crippen LogP contribution in [0.3, 0.4) is 0 Å². The van der Waals surface area contributed by atoms with Gasteiger partial charge in [0.25, 0.3) is 5.91 Å². The van der Waals surface area contributed by atoms with Crippen LogP contribution >= 0.6 is 0 Å². The summed E-state index contributed by atoms with van der Waals surface area (Å²) in [5, 5.41) is 11.2. The van der Waals surface area contributed by atoms with Crippen LogP contribution in [0.5, 0.6) is 5.75 Å². The van der Waals surface area contributed by atoms with E-state index >= 15 is 0 Å². The first-order valence-corrected chi connectivity index (χ1v) is 5.95. The molecule has 0 aromatic heterocycles. The molecule has 0 heterocycles. The molecule has 0 spiro atoms. The Morgan fingerprint density at radius 1 is 1.42 bits per heavy atom. The number of ether oxygens (including phenoxy) is 1. The van der Waals surface area contributed by atoms with E-state index in [2.05, 4.69) is 5.32 Å². The summed E-state index contributed by atoms with van der Waals surface area (Å²) in [6.07, 6.45) is 2.63. The second-order valence-electron chi connectivity index (χ2n) is 3.96. The van der Waals surface area contributed by atoms with Crippen molar-refractivity contribution in [1.82, 2.24) is 0 Å². The van der Waals surface area contributed by atoms with Crippen LogP contribution in [-0.4, -0.2) is 23.6 Å². The third-order valence-corrected chi connectivity index (χ3v) is 2.32. The fraction of sp³-hybridized carbons (Fsp3) is 0.286. The lowest BCUT2D eigenvalue weighted by Crippen LogP contribution is -2.13. The van der Waals surface area contributed by atoms with Crippen molar-refractivity contribution < 1.29 is 19.4 Å². The number of anilines is 1. The van der Waals surface area contributed by atoms with Crippen molar-refractivity contribution in [3.05, 3.63) is 35.9 Å². The zero-order valence-corrected chi connectivity index (χ0v) is 11.0. The van der Waals surface area contributed by atoms with E-state index in [-0.39, 0.29) is 5.91 Å². The lowest BCUT2D eigenvalue weighted by molar-refractivity contribution is -0.139. The average molecular weight is 263 g/mol. The van der Waals surface area contributed by atoms with Crippen molar-refractivity contribution in [2.75, 3.05) is 11.9 Å². The molecule has 1 rings (SSSR count). The van der Waals surface area contributed by atoms with E-state index < -0.39 is 12.6 Å². The molecule has 102 valence electrons. The van der Waals surface area contributed by atoms with Crippen LogP contribution in [0, 0.1) is 0 Å². The second-order valence-corrected chi connectivity index (χ2v) is 3.96. The van der Waals surface area contributed by atoms with E-state index in [4.69, 9.17) is 9.84 Å². The van der Waals surface area contributed by atoms with Crippen LogP contribution in [-0.2, 0) is 9.59 Å². The van der Waals surface area contributed by atoms with Crippen LogP contribution < -0.4 is 10.1 Å². The molecular formula is C14H17NO4. The molecule has 0 bridgehead atoms. The number of aliphatic carboxylic acids is 1. The van der Waals surface area contributed by atoms with Crippen LogP contribution in [0.15, 0.2) is 35.9 Å². The molecule has 0 aliphatic carbocycles. The Bertz CT molecular complexity index is 494. The van der Waals surface area contributed by atoms with Gasteiger partial charge in [-0.3, -0.25) is 4.79 Å². The number of nitrogens with one attached hydrogen (secondary N) is 1. The molecule has 0 fully saturated rings. The van der Waals surface area contributed by atoms with Gasteiger partial charge in [-0.05, 0) is 25.5 Å². The number of carbonyl (C=O) groups is 2. The highest BCUT2D eigenvalue weighted by atomic mass is 16.5. The maximum absolute atomic E-state index is 11.8. The average Bonchev–Trinajstić information content (AvgIpc) is 2.37. The van der Waals surface area contributed by atoms with Crippen LogP contribution in [0.1, 0.15) is 20.3 Å². The summed E-state index contributed by atoms with van der Waals surface area (Å²) in [7, 11) is 0. The highest BCUT2D eigenvalue weighted by Crippen LogP contribution is 2.17. The van der Waals surface area contributed by atoms with E-state index in [0.717, 1.165) is 6.42 Å². The predicted octanol–water partition coefficient (Wildman–Crippen LogP) is 2.44. The topological polar surface area (TPSA) is 75.6 Å². The van der Waals surface area contributed by atoms with Gasteiger partial charge in [0.05, 0.1) is 0 Å². The molecule has 0 unspecified atom stereocenters. The highest BCUT2D eigenvalue weighted by molar-refractivity contribution is 6.03. The maximum atomic E-state index is 11.8. The summed E-state index contributed by atoms with van der Waals surface area (Å²) in [5.41, 5.74) is 1.20. The molecule has 0 saturated heterocycles. The summed E-state index contributed by atoms with van der Waals surface area (Å²) in [4.78, 5) is 22.2. The van der Waals surface area contributed by atoms with Gasteiger partial charge >= 0.3 is 5.97 Å². The van der Waals surface area contributed by atoms with Gasteiger partial charge in [0.1, 0.15) is 5.75 Å². The number of carboxylic acid groups (broad SMARTS) is 1. The normalized spacial score (nSPS) is 10.9. The number of amides is 1. The fourth-order valence-electron chi connectivity index (χ4n) is 1.44. The van der Waals surface area contributed by atoms with E-state index in [0.29, 0.717) is 17.0 Å². The highest BCUT2D eigenvalue weighted by Gasteiger charge is 2.05. The number of hydrogen-bond acceptors (Lipinski definition) is 3. The van der Waals surface area contributed by atoms with Gasteiger partial charge in [0.2, 0.25) is 0 Å². The summed E-state index contributed by atoms with van der Waals surface area (Å²) in [6, 6.07) is 6.61. The predicted molar refractivity (Wildman–Crippen MR) is 72.3 cm³/mol. The third kappa shape index (κ3) is 5.25. The Labute approximate surface area is 111 Å². The summed E-state index contributed by atoms with van der Waals surface area (Å²) >= 11 is 0. The SMILES string of the molecule is CCC=C(C)C(=O)Nc1cccc(OCC(=O)O)c1. The van der Waals surface area contributed by atoms with Crippen LogP contribution in [0.25, 0.3) is 0 Å². The van der Waals surface area contributed by atoms with Crippen molar-refractivity contribution in [3.8, 4) is 5.75 Å². The standard InChI is InChI=1S/C14H17NO4/c1-3-5-10(2)14(18)15-11-6-4-7-12(8-11)19-9-13(16)17/h4-8H,3,9H2,1-2H3,(H,15,18)(H,16,17). The Morgan fingerprint density at radius 3 is 2.79 bits per heavy atom. The monoisotopic (exact) mass is 263 g/mol. The van der Waals surface area contributed by atoms with Gasteiger partial charge in [-0.1, -0.05) is 19.1 Å². The van der Waals surface area contributed by atoms with E-state index in [1.807, 2.05) is 13.0 Å². The molecule has 2 N–H and O–H groups in total. The lowest BCUT2D eigenvalue weighted by Gasteiger charge is -2.08. The molecule has 1 aromatic carbocycles. The number of rotatable bonds is 6. The Balaban J connectivity index is 2.69. The maximum Gasteiger partial charge on any atom is 0.341 e. The molecule has 0 saturated carbocycles. The Kier molecular flexibility index (Phi) is 5.60. The van der Waals surface area contributed by atoms with E-state index in [1.54, 1.807) is 31.2 Å². The number of carbonyl (C=O) groups excluding carboxylic acids is 1. The first-order valence-electron chi connectivity index (χ1n) is 5.95. The van der Waals surface area contributed by atoms with Crippen molar-refractivity contribution in [3.63, 3.8) is 0 Å². The molecule has 5 nitrogen and oxygen atoms in total. The Hall–Kier alpha value is -2.30. The molecule has 0 atom stereocenters. The Morgan fingerprint density at radius 2 is 2.16 bits per heavy atom. The van der Waals surface area contributed by atoms with Gasteiger partial charge in [-0.25, -0.2) is 4.79 Å². The molecular weight excluding hydrogens is 246 g/mol. The molecule has 19 heavy (non-hydrogen) atoms. The number of benzene rings is 1. The summed E-state index contributed by atoms with van der Waals surface area (Å²) in [6.45, 7) is 3.28. The van der Waals surface area contributed by atoms with Crippen molar-refractivity contribution in [2.45, 2.75) is 20.3 Å². The first-order chi connectivity index (χ1) is 9.02. The van der Waals surface area contributed by atoms with Gasteiger partial charge in [0, 0.05) is 17.3 Å². The van der Waals surface area contributed by atoms with Crippen LogP contribution in [0.2, 0.25) is 0 Å². The van der Waals surface area contributed by atoms with Crippen molar-refractivity contribution >= 4 is 17.6 Å². The summed E-state index contributed by atoms with van der Waals surface area (Å²) in [5.74, 6) is -0.828. The van der Waals surface area contributed by atoms with E-state index in [1.165, 1.54) is 0 Å². The number of carboxylic acids is 1. The molecule has 0 aliphatic heterocycles. The number of allylic oxidation sites excluding steroid dienone is 1. The van der Waals surface area contributed by atoms with Crippen molar-refractivity contribution in [1.29, 1.82) is 0 Å². The lowest BCUT2D eigenvalue weighted by atomic mass is 10.2. The second kappa shape index (κ2) is 7.20. The van der Waals surface area contributed by atoms with Crippen molar-refractivity contribution in [2.24, 2.45) is 0 Å². The van der Waals surface area contributed by atoms with Gasteiger partial charge < -0.3 is 15.2 Å². The fourth-order valence-corrected chi connectivity index (χ4v) is 1.44. The van der Waals surface area contributed by atoms with Gasteiger partial charge in [-0.15, -0.1) is 0 Å². The molecule has 5 heteroatoms. The van der Waals surface area contributed by atoms with Crippen LogP contribution in [0.4, 0.5) is 5.69 Å². The van der Waals surface area contributed by atoms with E-state index in [9.17, 15) is 9.59 Å². The zero-order valence-electron chi connectivity index (χ0n) is 11.0. The number of hydrogen-bond donors (Lipinski definition) is 2. The molecule has 0 radical (unpaired) electrons. The minimum absolute atomic E-state index is 0.183. The smallest absolute Gasteiger partial charge is 0.341 e. The quantitative estimate of drug-likeness (QED) is 0.773. The zero-order chi connectivity index (χ0) is 14.3. The molecule has 0 aliphatic rings. The summed E-state index contributed by atoms with van der Waals surface area (Å²) < 4.78 is 5.03. The minimum atomic E-state index is -1.05. The molecule has 1 amide bonds. The van der Waals surface area contributed by atoms with Gasteiger partial charge in [-0.2, -0.15) is 0 Å². The third-order valence-electron chi connectivity index (χ3n) is 2.32. The first kappa shape index (κ1) is 14.8. The molecule has 1 aromatic rings.